The Balaban J connectivity index is 2.08. The number of thiophene rings is 1. The summed E-state index contributed by atoms with van der Waals surface area (Å²) >= 11 is 1.82. The second-order valence-electron chi connectivity index (χ2n) is 4.70. The van der Waals surface area contributed by atoms with Gasteiger partial charge < -0.3 is 5.73 Å². The molecule has 96 valence electrons. The fourth-order valence-corrected chi connectivity index (χ4v) is 3.40. The van der Waals surface area contributed by atoms with Gasteiger partial charge in [-0.15, -0.1) is 11.3 Å². The van der Waals surface area contributed by atoms with E-state index in [4.69, 9.17) is 5.73 Å². The molecular weight excluding hydrogens is 250 g/mol. The lowest BCUT2D eigenvalue weighted by Gasteiger charge is -2.13. The molecule has 1 atom stereocenters. The SMILES string of the molecule is CCc1ccc(C(N)c2cccc3ccccc23)s1. The van der Waals surface area contributed by atoms with Crippen LogP contribution in [0.25, 0.3) is 10.8 Å². The van der Waals surface area contributed by atoms with E-state index in [9.17, 15) is 0 Å². The molecule has 1 aromatic heterocycles. The molecule has 0 fully saturated rings. The first-order chi connectivity index (χ1) is 9.29. The number of hydrogen-bond donors (Lipinski definition) is 1. The summed E-state index contributed by atoms with van der Waals surface area (Å²) in [5, 5.41) is 2.51. The van der Waals surface area contributed by atoms with E-state index in [0.29, 0.717) is 0 Å². The minimum absolute atomic E-state index is 0.0311. The summed E-state index contributed by atoms with van der Waals surface area (Å²) in [7, 11) is 0. The van der Waals surface area contributed by atoms with E-state index in [2.05, 4.69) is 61.5 Å². The van der Waals surface area contributed by atoms with Crippen LogP contribution in [0, 0.1) is 0 Å². The summed E-state index contributed by atoms with van der Waals surface area (Å²) in [6.45, 7) is 2.18. The van der Waals surface area contributed by atoms with Crippen molar-refractivity contribution in [1.82, 2.24) is 0 Å². The molecule has 1 nitrogen and oxygen atoms in total. The molecule has 0 aliphatic heterocycles. The maximum absolute atomic E-state index is 6.46. The van der Waals surface area contributed by atoms with E-state index >= 15 is 0 Å². The topological polar surface area (TPSA) is 26.0 Å². The van der Waals surface area contributed by atoms with Gasteiger partial charge in [-0.3, -0.25) is 0 Å². The fourth-order valence-electron chi connectivity index (χ4n) is 2.43. The van der Waals surface area contributed by atoms with E-state index in [1.807, 2.05) is 11.3 Å². The van der Waals surface area contributed by atoms with Gasteiger partial charge in [0.2, 0.25) is 0 Å². The van der Waals surface area contributed by atoms with E-state index in [0.717, 1.165) is 6.42 Å². The van der Waals surface area contributed by atoms with Crippen molar-refractivity contribution in [2.45, 2.75) is 19.4 Å². The first kappa shape index (κ1) is 12.4. The lowest BCUT2D eigenvalue weighted by molar-refractivity contribution is 0.903. The smallest absolute Gasteiger partial charge is 0.0652 e. The van der Waals surface area contributed by atoms with Crippen LogP contribution in [-0.4, -0.2) is 0 Å². The zero-order valence-corrected chi connectivity index (χ0v) is 11.8. The van der Waals surface area contributed by atoms with Crippen molar-refractivity contribution in [3.8, 4) is 0 Å². The highest BCUT2D eigenvalue weighted by atomic mass is 32.1. The molecule has 1 unspecified atom stereocenters. The zero-order valence-electron chi connectivity index (χ0n) is 11.0. The van der Waals surface area contributed by atoms with Crippen molar-refractivity contribution in [1.29, 1.82) is 0 Å². The minimum atomic E-state index is -0.0311. The average Bonchev–Trinajstić information content (AvgIpc) is 2.95. The van der Waals surface area contributed by atoms with Gasteiger partial charge in [0.1, 0.15) is 0 Å². The quantitative estimate of drug-likeness (QED) is 0.742. The number of aryl methyl sites for hydroxylation is 1. The van der Waals surface area contributed by atoms with Crippen molar-refractivity contribution in [3.63, 3.8) is 0 Å². The van der Waals surface area contributed by atoms with Gasteiger partial charge in [0, 0.05) is 9.75 Å². The Morgan fingerprint density at radius 1 is 1.00 bits per heavy atom. The van der Waals surface area contributed by atoms with E-state index in [-0.39, 0.29) is 6.04 Å². The molecule has 0 saturated heterocycles. The molecule has 3 aromatic rings. The van der Waals surface area contributed by atoms with E-state index in [1.165, 1.54) is 26.1 Å². The van der Waals surface area contributed by atoms with Gasteiger partial charge in [-0.05, 0) is 34.9 Å². The van der Waals surface area contributed by atoms with Crippen LogP contribution in [-0.2, 0) is 6.42 Å². The lowest BCUT2D eigenvalue weighted by Crippen LogP contribution is -2.10. The first-order valence-corrected chi connectivity index (χ1v) is 7.43. The molecule has 0 radical (unpaired) electrons. The molecule has 0 saturated carbocycles. The highest BCUT2D eigenvalue weighted by molar-refractivity contribution is 7.12. The highest BCUT2D eigenvalue weighted by Gasteiger charge is 2.13. The maximum Gasteiger partial charge on any atom is 0.0652 e. The summed E-state index contributed by atoms with van der Waals surface area (Å²) in [5.41, 5.74) is 7.67. The first-order valence-electron chi connectivity index (χ1n) is 6.61. The van der Waals surface area contributed by atoms with Crippen molar-refractivity contribution < 1.29 is 0 Å². The standard InChI is InChI=1S/C17H17NS/c1-2-13-10-11-16(19-13)17(18)15-9-5-7-12-6-3-4-8-14(12)15/h3-11,17H,2,18H2,1H3. The number of hydrogen-bond acceptors (Lipinski definition) is 2. The maximum atomic E-state index is 6.46. The molecule has 1 heterocycles. The Hall–Kier alpha value is -1.64. The number of rotatable bonds is 3. The van der Waals surface area contributed by atoms with Crippen LogP contribution in [0.4, 0.5) is 0 Å². The molecule has 0 bridgehead atoms. The number of nitrogens with two attached hydrogens (primary N) is 1. The Kier molecular flexibility index (Phi) is 3.36. The summed E-state index contributed by atoms with van der Waals surface area (Å²) in [5.74, 6) is 0. The average molecular weight is 267 g/mol. The normalized spacial score (nSPS) is 12.7. The number of benzene rings is 2. The second-order valence-corrected chi connectivity index (χ2v) is 5.90. The minimum Gasteiger partial charge on any atom is -0.320 e. The van der Waals surface area contributed by atoms with Crippen LogP contribution >= 0.6 is 11.3 Å². The third-order valence-corrected chi connectivity index (χ3v) is 4.81. The Bertz CT molecular complexity index is 694. The molecule has 0 amide bonds. The molecule has 2 heteroatoms. The Labute approximate surface area is 117 Å². The largest absolute Gasteiger partial charge is 0.320 e. The van der Waals surface area contributed by atoms with Gasteiger partial charge in [0.05, 0.1) is 6.04 Å². The van der Waals surface area contributed by atoms with Crippen molar-refractivity contribution in [2.24, 2.45) is 5.73 Å². The van der Waals surface area contributed by atoms with Gasteiger partial charge >= 0.3 is 0 Å². The molecule has 2 aromatic carbocycles. The van der Waals surface area contributed by atoms with Crippen LogP contribution in [0.15, 0.2) is 54.6 Å². The van der Waals surface area contributed by atoms with Crippen LogP contribution in [0.2, 0.25) is 0 Å². The van der Waals surface area contributed by atoms with Crippen molar-refractivity contribution in [2.75, 3.05) is 0 Å². The van der Waals surface area contributed by atoms with Gasteiger partial charge in [-0.2, -0.15) is 0 Å². The fraction of sp³-hybridized carbons (Fsp3) is 0.176. The summed E-state index contributed by atoms with van der Waals surface area (Å²) in [4.78, 5) is 2.64. The second kappa shape index (κ2) is 5.16. The van der Waals surface area contributed by atoms with Gasteiger partial charge in [0.15, 0.2) is 0 Å². The summed E-state index contributed by atoms with van der Waals surface area (Å²) in [6, 6.07) is 19.1. The summed E-state index contributed by atoms with van der Waals surface area (Å²) < 4.78 is 0. The van der Waals surface area contributed by atoms with Crippen LogP contribution < -0.4 is 5.73 Å². The zero-order chi connectivity index (χ0) is 13.2. The van der Waals surface area contributed by atoms with Crippen LogP contribution in [0.5, 0.6) is 0 Å². The van der Waals surface area contributed by atoms with E-state index in [1.54, 1.807) is 0 Å². The lowest BCUT2D eigenvalue weighted by atomic mass is 9.98. The third kappa shape index (κ3) is 2.29. The Morgan fingerprint density at radius 3 is 2.58 bits per heavy atom. The van der Waals surface area contributed by atoms with E-state index < -0.39 is 0 Å². The highest BCUT2D eigenvalue weighted by Crippen LogP contribution is 2.31. The molecular formula is C17H17NS. The molecule has 2 N–H and O–H groups in total. The van der Waals surface area contributed by atoms with Gasteiger partial charge in [-0.1, -0.05) is 49.4 Å². The molecule has 0 aliphatic rings. The third-order valence-electron chi connectivity index (χ3n) is 3.50. The predicted octanol–water partition coefficient (Wildman–Crippen LogP) is 4.51. The van der Waals surface area contributed by atoms with Crippen LogP contribution in [0.3, 0.4) is 0 Å². The number of fused-ring (bicyclic) bond motifs is 1. The van der Waals surface area contributed by atoms with Crippen molar-refractivity contribution in [3.05, 3.63) is 69.9 Å². The predicted molar refractivity (Wildman–Crippen MR) is 83.7 cm³/mol. The van der Waals surface area contributed by atoms with Gasteiger partial charge in [0.25, 0.3) is 0 Å². The van der Waals surface area contributed by atoms with Crippen molar-refractivity contribution >= 4 is 22.1 Å². The summed E-state index contributed by atoms with van der Waals surface area (Å²) in [6.07, 6.45) is 1.08. The van der Waals surface area contributed by atoms with Crippen LogP contribution in [0.1, 0.15) is 28.3 Å². The Morgan fingerprint density at radius 2 is 1.79 bits per heavy atom. The van der Waals surface area contributed by atoms with Gasteiger partial charge in [-0.25, -0.2) is 0 Å². The monoisotopic (exact) mass is 267 g/mol. The molecule has 3 rings (SSSR count). The molecule has 19 heavy (non-hydrogen) atoms. The molecule has 0 aliphatic carbocycles. The molecule has 0 spiro atoms.